The predicted molar refractivity (Wildman–Crippen MR) is 124 cm³/mol. The van der Waals surface area contributed by atoms with Gasteiger partial charge in [0.15, 0.2) is 6.29 Å². The van der Waals surface area contributed by atoms with E-state index in [1.54, 1.807) is 6.92 Å². The van der Waals surface area contributed by atoms with E-state index in [0.717, 1.165) is 51.4 Å². The number of nitro groups is 1. The van der Waals surface area contributed by atoms with Crippen LogP contribution in [0.1, 0.15) is 85.0 Å². The first-order valence-electron chi connectivity index (χ1n) is 13.5. The molecule has 0 aromatic rings. The molecule has 0 aromatic heterocycles. The summed E-state index contributed by atoms with van der Waals surface area (Å²) >= 11 is 0. The van der Waals surface area contributed by atoms with Crippen LogP contribution in [-0.2, 0) is 9.47 Å². The lowest BCUT2D eigenvalue weighted by Crippen LogP contribution is -2.62. The van der Waals surface area contributed by atoms with Gasteiger partial charge in [-0.2, -0.15) is 0 Å². The van der Waals surface area contributed by atoms with Crippen molar-refractivity contribution in [3.8, 4) is 0 Å². The summed E-state index contributed by atoms with van der Waals surface area (Å²) < 4.78 is 12.1. The van der Waals surface area contributed by atoms with Crippen LogP contribution in [0.25, 0.3) is 0 Å². The summed E-state index contributed by atoms with van der Waals surface area (Å²) in [5, 5.41) is 43.5. The summed E-state index contributed by atoms with van der Waals surface area (Å²) in [4.78, 5) is 11.1. The quantitative estimate of drug-likeness (QED) is 0.320. The predicted octanol–water partition coefficient (Wildman–Crippen LogP) is 3.28. The van der Waals surface area contributed by atoms with Gasteiger partial charge >= 0.3 is 0 Å². The van der Waals surface area contributed by atoms with Crippen molar-refractivity contribution >= 4 is 0 Å². The molecule has 34 heavy (non-hydrogen) atoms. The molecule has 0 spiro atoms. The van der Waals surface area contributed by atoms with Gasteiger partial charge in [0.05, 0.1) is 23.9 Å². The molecule has 0 bridgehead atoms. The molecule has 8 nitrogen and oxygen atoms in total. The Labute approximate surface area is 202 Å². The lowest BCUT2D eigenvalue weighted by atomic mass is 9.43. The normalized spacial score (nSPS) is 55.2. The van der Waals surface area contributed by atoms with Crippen LogP contribution in [0, 0.1) is 44.6 Å². The second-order valence-electron chi connectivity index (χ2n) is 12.7. The Hall–Kier alpha value is -0.800. The van der Waals surface area contributed by atoms with Crippen LogP contribution in [0.15, 0.2) is 0 Å². The van der Waals surface area contributed by atoms with Gasteiger partial charge in [0.1, 0.15) is 6.10 Å². The highest BCUT2D eigenvalue weighted by molar-refractivity contribution is 5.16. The fourth-order valence-electron chi connectivity index (χ4n) is 9.22. The van der Waals surface area contributed by atoms with Crippen molar-refractivity contribution in [1.29, 1.82) is 0 Å². The number of hydrogen-bond acceptors (Lipinski definition) is 7. The van der Waals surface area contributed by atoms with E-state index in [1.165, 1.54) is 0 Å². The van der Waals surface area contributed by atoms with E-state index < -0.39 is 30.2 Å². The van der Waals surface area contributed by atoms with Crippen LogP contribution >= 0.6 is 0 Å². The molecule has 4 aliphatic carbocycles. The van der Waals surface area contributed by atoms with Gasteiger partial charge in [-0.25, -0.2) is 0 Å². The Kier molecular flexibility index (Phi) is 6.33. The molecule has 0 aromatic carbocycles. The van der Waals surface area contributed by atoms with E-state index in [1.807, 2.05) is 0 Å². The molecular formula is C26H43NO7. The van der Waals surface area contributed by atoms with Crippen LogP contribution < -0.4 is 0 Å². The Morgan fingerprint density at radius 3 is 2.50 bits per heavy atom. The number of aliphatic hydroxyl groups excluding tert-OH is 2. The lowest BCUT2D eigenvalue weighted by Gasteiger charge is -2.63. The molecule has 1 saturated heterocycles. The maximum atomic E-state index is 12.1. The summed E-state index contributed by atoms with van der Waals surface area (Å²) in [6.07, 6.45) is 6.13. The van der Waals surface area contributed by atoms with Gasteiger partial charge in [0.25, 0.3) is 0 Å². The highest BCUT2D eigenvalue weighted by atomic mass is 16.7. The lowest BCUT2D eigenvalue weighted by molar-refractivity contribution is -0.492. The van der Waals surface area contributed by atoms with Crippen LogP contribution in [0.3, 0.4) is 0 Å². The summed E-state index contributed by atoms with van der Waals surface area (Å²) in [6, 6.07) is 0. The molecule has 1 aliphatic heterocycles. The van der Waals surface area contributed by atoms with E-state index in [-0.39, 0.29) is 40.2 Å². The maximum absolute atomic E-state index is 12.1. The van der Waals surface area contributed by atoms with Crippen molar-refractivity contribution in [2.45, 2.75) is 121 Å². The Morgan fingerprint density at radius 2 is 1.79 bits per heavy atom. The summed E-state index contributed by atoms with van der Waals surface area (Å²) in [7, 11) is 0. The molecule has 3 N–H and O–H groups in total. The first-order valence-corrected chi connectivity index (χ1v) is 13.5. The van der Waals surface area contributed by atoms with Crippen LogP contribution in [0.4, 0.5) is 0 Å². The molecule has 8 heteroatoms. The number of rotatable bonds is 4. The molecule has 5 fully saturated rings. The molecular weight excluding hydrogens is 438 g/mol. The molecule has 12 atom stereocenters. The van der Waals surface area contributed by atoms with Crippen molar-refractivity contribution in [2.75, 3.05) is 6.54 Å². The monoisotopic (exact) mass is 481 g/mol. The van der Waals surface area contributed by atoms with Gasteiger partial charge in [0.2, 0.25) is 6.54 Å². The second-order valence-corrected chi connectivity index (χ2v) is 12.7. The summed E-state index contributed by atoms with van der Waals surface area (Å²) in [5.74, 6) is 1.16. The van der Waals surface area contributed by atoms with Crippen molar-refractivity contribution in [3.63, 3.8) is 0 Å². The van der Waals surface area contributed by atoms with E-state index >= 15 is 0 Å². The average molecular weight is 482 g/mol. The standard InChI is InChI=1S/C26H43NO7/c1-15-23(29)21(28)13-22(33-15)34-18-7-9-24(2)16(12-18)4-5-20-19(24)8-10-25(3)17(14-27(31)32)6-11-26(20,25)30/h15-23,28-30H,4-14H2,1-3H3/t15?,16-,17-,18+,19+,20-,21-,22+,23-,24+,25-,26+/m1/s1. The summed E-state index contributed by atoms with van der Waals surface area (Å²) in [6.45, 7) is 6.28. The Morgan fingerprint density at radius 1 is 1.03 bits per heavy atom. The van der Waals surface area contributed by atoms with Crippen LogP contribution in [-0.4, -0.2) is 63.1 Å². The number of hydrogen-bond donors (Lipinski definition) is 3. The zero-order chi connectivity index (χ0) is 24.5. The molecule has 0 amide bonds. The molecule has 194 valence electrons. The van der Waals surface area contributed by atoms with E-state index in [4.69, 9.17) is 9.47 Å². The third-order valence-corrected chi connectivity index (χ3v) is 11.4. The highest BCUT2D eigenvalue weighted by Crippen LogP contribution is 2.69. The number of nitrogens with zero attached hydrogens (tertiary/aromatic N) is 1. The largest absolute Gasteiger partial charge is 0.390 e. The zero-order valence-corrected chi connectivity index (χ0v) is 20.9. The Balaban J connectivity index is 1.27. The van der Waals surface area contributed by atoms with Crippen molar-refractivity contribution in [1.82, 2.24) is 0 Å². The minimum Gasteiger partial charge on any atom is -0.390 e. The van der Waals surface area contributed by atoms with Gasteiger partial charge in [-0.3, -0.25) is 10.1 Å². The SMILES string of the molecule is CC1O[C@@H](O[C@H]2CC[C@@]3(C)[C@H](CC[C@@H]4[C@@H]3CC[C@]3(C)[C@@H](C[N+](=O)[O-])CC[C@]43O)C2)C[C@@H](O)[C@@H]1O. The molecule has 1 unspecified atom stereocenters. The fourth-order valence-corrected chi connectivity index (χ4v) is 9.22. The van der Waals surface area contributed by atoms with E-state index in [9.17, 15) is 25.4 Å². The molecule has 5 aliphatic rings. The van der Waals surface area contributed by atoms with Gasteiger partial charge in [-0.1, -0.05) is 13.8 Å². The minimum absolute atomic E-state index is 0.0251. The van der Waals surface area contributed by atoms with Gasteiger partial charge in [-0.05, 0) is 87.9 Å². The summed E-state index contributed by atoms with van der Waals surface area (Å²) in [5.41, 5.74) is -0.996. The van der Waals surface area contributed by atoms with Crippen molar-refractivity contribution < 1.29 is 29.7 Å². The molecule has 0 radical (unpaired) electrons. The average Bonchev–Trinajstić information content (AvgIpc) is 3.03. The zero-order valence-electron chi connectivity index (χ0n) is 20.9. The van der Waals surface area contributed by atoms with Crippen molar-refractivity contribution in [2.24, 2.45) is 34.5 Å². The highest BCUT2D eigenvalue weighted by Gasteiger charge is 2.67. The van der Waals surface area contributed by atoms with Crippen molar-refractivity contribution in [3.05, 3.63) is 10.1 Å². The maximum Gasteiger partial charge on any atom is 0.207 e. The fraction of sp³-hybridized carbons (Fsp3) is 1.00. The number of aliphatic hydroxyl groups is 3. The number of fused-ring (bicyclic) bond motifs is 5. The third kappa shape index (κ3) is 3.74. The van der Waals surface area contributed by atoms with Crippen LogP contribution in [0.2, 0.25) is 0 Å². The third-order valence-electron chi connectivity index (χ3n) is 11.4. The van der Waals surface area contributed by atoms with E-state index in [2.05, 4.69) is 13.8 Å². The van der Waals surface area contributed by atoms with Gasteiger partial charge in [0, 0.05) is 22.7 Å². The molecule has 4 saturated carbocycles. The molecule has 1 heterocycles. The topological polar surface area (TPSA) is 122 Å². The first kappa shape index (κ1) is 24.9. The smallest absolute Gasteiger partial charge is 0.207 e. The van der Waals surface area contributed by atoms with E-state index in [0.29, 0.717) is 24.7 Å². The Bertz CT molecular complexity index is 783. The number of ether oxygens (including phenoxy) is 2. The first-order chi connectivity index (χ1) is 16.0. The van der Waals surface area contributed by atoms with Crippen LogP contribution in [0.5, 0.6) is 0 Å². The minimum atomic E-state index is -0.867. The van der Waals surface area contributed by atoms with Gasteiger partial charge < -0.3 is 24.8 Å². The van der Waals surface area contributed by atoms with Gasteiger partial charge in [-0.15, -0.1) is 0 Å². The molecule has 5 rings (SSSR count). The second kappa shape index (κ2) is 8.65.